The van der Waals surface area contributed by atoms with Crippen molar-refractivity contribution in [2.24, 2.45) is 0 Å². The third kappa shape index (κ3) is 2.92. The van der Waals surface area contributed by atoms with Crippen molar-refractivity contribution in [1.29, 1.82) is 0 Å². The summed E-state index contributed by atoms with van der Waals surface area (Å²) < 4.78 is 1.41. The Morgan fingerprint density at radius 2 is 2.15 bits per heavy atom. The second-order valence-corrected chi connectivity index (χ2v) is 4.82. The zero-order valence-electron chi connectivity index (χ0n) is 10.6. The van der Waals surface area contributed by atoms with E-state index in [1.54, 1.807) is 18.2 Å². The summed E-state index contributed by atoms with van der Waals surface area (Å²) in [7, 11) is 1.53. The van der Waals surface area contributed by atoms with Gasteiger partial charge in [0.25, 0.3) is 0 Å². The zero-order chi connectivity index (χ0) is 14.7. The molecule has 0 saturated carbocycles. The fourth-order valence-electron chi connectivity index (χ4n) is 1.74. The predicted octanol–water partition coefficient (Wildman–Crippen LogP) is 1.49. The Balaban J connectivity index is 2.49. The molecule has 8 heteroatoms. The molecule has 0 radical (unpaired) electrons. The first kappa shape index (κ1) is 14.8. The van der Waals surface area contributed by atoms with Crippen molar-refractivity contribution in [3.05, 3.63) is 33.9 Å². The van der Waals surface area contributed by atoms with E-state index < -0.39 is 0 Å². The van der Waals surface area contributed by atoms with Gasteiger partial charge in [-0.3, -0.25) is 4.79 Å². The van der Waals surface area contributed by atoms with E-state index in [1.807, 2.05) is 0 Å². The summed E-state index contributed by atoms with van der Waals surface area (Å²) in [4.78, 5) is 11.5. The van der Waals surface area contributed by atoms with Crippen LogP contribution in [0, 0.1) is 0 Å². The highest BCUT2D eigenvalue weighted by Crippen LogP contribution is 2.29. The third-order valence-corrected chi connectivity index (χ3v) is 3.46. The SMILES string of the molecule is CNC(=O)Cn1nnc(CO)c1-c1ccc(Cl)c(Cl)c1. The lowest BCUT2D eigenvalue weighted by atomic mass is 10.1. The van der Waals surface area contributed by atoms with Crippen LogP contribution < -0.4 is 5.32 Å². The molecule has 0 fully saturated rings. The lowest BCUT2D eigenvalue weighted by molar-refractivity contribution is -0.121. The highest BCUT2D eigenvalue weighted by atomic mass is 35.5. The number of aliphatic hydroxyl groups is 1. The van der Waals surface area contributed by atoms with Crippen molar-refractivity contribution in [2.75, 3.05) is 7.05 Å². The first-order chi connectivity index (χ1) is 9.56. The average Bonchev–Trinajstić information content (AvgIpc) is 2.84. The smallest absolute Gasteiger partial charge is 0.241 e. The van der Waals surface area contributed by atoms with Gasteiger partial charge in [0, 0.05) is 12.6 Å². The van der Waals surface area contributed by atoms with Gasteiger partial charge >= 0.3 is 0 Å². The van der Waals surface area contributed by atoms with Gasteiger partial charge < -0.3 is 10.4 Å². The molecule has 1 aromatic carbocycles. The number of hydrogen-bond donors (Lipinski definition) is 2. The second kappa shape index (κ2) is 6.21. The van der Waals surface area contributed by atoms with Crippen LogP contribution in [0.2, 0.25) is 10.0 Å². The second-order valence-electron chi connectivity index (χ2n) is 4.00. The Kier molecular flexibility index (Phi) is 4.59. The molecule has 2 rings (SSSR count). The van der Waals surface area contributed by atoms with Gasteiger partial charge in [0.05, 0.1) is 22.3 Å². The van der Waals surface area contributed by atoms with E-state index in [-0.39, 0.29) is 19.1 Å². The molecule has 106 valence electrons. The number of carbonyl (C=O) groups excluding carboxylic acids is 1. The van der Waals surface area contributed by atoms with E-state index >= 15 is 0 Å². The van der Waals surface area contributed by atoms with Crippen LogP contribution >= 0.6 is 23.2 Å². The number of hydrogen-bond acceptors (Lipinski definition) is 4. The van der Waals surface area contributed by atoms with Gasteiger partial charge in [-0.05, 0) is 12.1 Å². The van der Waals surface area contributed by atoms with Gasteiger partial charge in [-0.15, -0.1) is 5.10 Å². The molecule has 0 aliphatic carbocycles. The summed E-state index contributed by atoms with van der Waals surface area (Å²) in [5.41, 5.74) is 1.58. The van der Waals surface area contributed by atoms with E-state index in [9.17, 15) is 9.90 Å². The fraction of sp³-hybridized carbons (Fsp3) is 0.250. The number of halogens is 2. The number of nitrogens with one attached hydrogen (secondary N) is 1. The minimum atomic E-state index is -0.288. The van der Waals surface area contributed by atoms with Gasteiger partial charge in [-0.2, -0.15) is 0 Å². The molecule has 1 amide bonds. The minimum absolute atomic E-state index is 0.000914. The molecule has 0 unspecified atom stereocenters. The molecular weight excluding hydrogens is 303 g/mol. The lowest BCUT2D eigenvalue weighted by Gasteiger charge is -2.08. The highest BCUT2D eigenvalue weighted by Gasteiger charge is 2.17. The summed E-state index contributed by atoms with van der Waals surface area (Å²) in [5, 5.41) is 20.4. The van der Waals surface area contributed by atoms with Gasteiger partial charge in [0.15, 0.2) is 0 Å². The number of aliphatic hydroxyl groups excluding tert-OH is 1. The molecule has 0 bridgehead atoms. The maximum atomic E-state index is 11.5. The number of amides is 1. The molecule has 1 heterocycles. The lowest BCUT2D eigenvalue weighted by Crippen LogP contribution is -2.24. The van der Waals surface area contributed by atoms with Crippen molar-refractivity contribution >= 4 is 29.1 Å². The van der Waals surface area contributed by atoms with Crippen molar-refractivity contribution in [1.82, 2.24) is 20.3 Å². The molecular formula is C12H12Cl2N4O2. The summed E-state index contributed by atoms with van der Waals surface area (Å²) in [6, 6.07) is 5.01. The standard InChI is InChI=1S/C12H12Cl2N4O2/c1-15-11(20)5-18-12(10(6-19)16-17-18)7-2-3-8(13)9(14)4-7/h2-4,19H,5-6H2,1H3,(H,15,20). The van der Waals surface area contributed by atoms with Gasteiger partial charge in [0.2, 0.25) is 5.91 Å². The Labute approximate surface area is 125 Å². The maximum absolute atomic E-state index is 11.5. The Bertz CT molecular complexity index is 642. The number of likely N-dealkylation sites (N-methyl/N-ethyl adjacent to an activating group) is 1. The summed E-state index contributed by atoms with van der Waals surface area (Å²) in [5.74, 6) is -0.222. The fourth-order valence-corrected chi connectivity index (χ4v) is 2.04. The van der Waals surface area contributed by atoms with Crippen LogP contribution in [0.15, 0.2) is 18.2 Å². The maximum Gasteiger partial charge on any atom is 0.241 e. The molecule has 1 aromatic heterocycles. The highest BCUT2D eigenvalue weighted by molar-refractivity contribution is 6.42. The molecule has 0 saturated heterocycles. The molecule has 0 aliphatic rings. The molecule has 2 aromatic rings. The van der Waals surface area contributed by atoms with Crippen molar-refractivity contribution in [3.8, 4) is 11.3 Å². The van der Waals surface area contributed by atoms with Crippen LogP contribution in [-0.2, 0) is 17.9 Å². The van der Waals surface area contributed by atoms with Crippen LogP contribution in [0.25, 0.3) is 11.3 Å². The van der Waals surface area contributed by atoms with Crippen molar-refractivity contribution in [3.63, 3.8) is 0 Å². The normalized spacial score (nSPS) is 10.6. The van der Waals surface area contributed by atoms with Crippen LogP contribution in [-0.4, -0.2) is 33.1 Å². The van der Waals surface area contributed by atoms with E-state index in [2.05, 4.69) is 15.6 Å². The first-order valence-corrected chi connectivity index (χ1v) is 6.51. The van der Waals surface area contributed by atoms with E-state index in [1.165, 1.54) is 11.7 Å². The molecule has 0 spiro atoms. The largest absolute Gasteiger partial charge is 0.390 e. The minimum Gasteiger partial charge on any atom is -0.390 e. The van der Waals surface area contributed by atoms with Gasteiger partial charge in [-0.1, -0.05) is 34.5 Å². The quantitative estimate of drug-likeness (QED) is 0.896. The number of rotatable bonds is 4. The Morgan fingerprint density at radius 1 is 1.40 bits per heavy atom. The monoisotopic (exact) mass is 314 g/mol. The first-order valence-electron chi connectivity index (χ1n) is 5.76. The third-order valence-electron chi connectivity index (χ3n) is 2.72. The zero-order valence-corrected chi connectivity index (χ0v) is 12.1. The van der Waals surface area contributed by atoms with Crippen LogP contribution in [0.4, 0.5) is 0 Å². The molecule has 0 atom stereocenters. The Morgan fingerprint density at radius 3 is 2.75 bits per heavy atom. The van der Waals surface area contributed by atoms with Crippen LogP contribution in [0.3, 0.4) is 0 Å². The van der Waals surface area contributed by atoms with Gasteiger partial charge in [-0.25, -0.2) is 4.68 Å². The number of carbonyl (C=O) groups is 1. The number of nitrogens with zero attached hydrogens (tertiary/aromatic N) is 3. The summed E-state index contributed by atoms with van der Waals surface area (Å²) >= 11 is 11.9. The molecule has 6 nitrogen and oxygen atoms in total. The predicted molar refractivity (Wildman–Crippen MR) is 75.5 cm³/mol. The van der Waals surface area contributed by atoms with Crippen molar-refractivity contribution in [2.45, 2.75) is 13.2 Å². The Hall–Kier alpha value is -1.63. The molecule has 20 heavy (non-hydrogen) atoms. The topological polar surface area (TPSA) is 80.0 Å². The van der Waals surface area contributed by atoms with Gasteiger partial charge in [0.1, 0.15) is 12.2 Å². The van der Waals surface area contributed by atoms with Crippen LogP contribution in [0.5, 0.6) is 0 Å². The van der Waals surface area contributed by atoms with E-state index in [0.717, 1.165) is 0 Å². The summed E-state index contributed by atoms with van der Waals surface area (Å²) in [6.07, 6.45) is 0. The van der Waals surface area contributed by atoms with Crippen molar-refractivity contribution < 1.29 is 9.90 Å². The number of aromatic nitrogens is 3. The van der Waals surface area contributed by atoms with E-state index in [4.69, 9.17) is 23.2 Å². The molecule has 2 N–H and O–H groups in total. The van der Waals surface area contributed by atoms with Crippen LogP contribution in [0.1, 0.15) is 5.69 Å². The number of benzene rings is 1. The molecule has 0 aliphatic heterocycles. The summed E-state index contributed by atoms with van der Waals surface area (Å²) in [6.45, 7) is -0.289. The van der Waals surface area contributed by atoms with E-state index in [0.29, 0.717) is 27.0 Å². The average molecular weight is 315 g/mol.